The highest BCUT2D eigenvalue weighted by molar-refractivity contribution is 5.88. The number of anilines is 1. The van der Waals surface area contributed by atoms with Crippen molar-refractivity contribution in [3.8, 4) is 6.07 Å². The first-order valence-electron chi connectivity index (χ1n) is 8.58. The zero-order valence-corrected chi connectivity index (χ0v) is 15.3. The molecular weight excluding hydrogens is 356 g/mol. The molecule has 0 aliphatic rings. The maximum absolute atomic E-state index is 11.0. The molecule has 8 heteroatoms. The average molecular weight is 372 g/mol. The molecule has 0 radical (unpaired) electrons. The molecule has 2 aromatic carbocycles. The molecule has 4 aromatic rings. The number of hydrogen-bond donors (Lipinski definition) is 0. The molecule has 4 rings (SSSR count). The van der Waals surface area contributed by atoms with Crippen molar-refractivity contribution in [2.75, 3.05) is 11.9 Å². The number of nitrogens with zero attached hydrogens (tertiary/aromatic N) is 6. The van der Waals surface area contributed by atoms with Crippen LogP contribution >= 0.6 is 0 Å². The van der Waals surface area contributed by atoms with Gasteiger partial charge in [-0.05, 0) is 24.3 Å². The second-order valence-electron chi connectivity index (χ2n) is 6.53. The summed E-state index contributed by atoms with van der Waals surface area (Å²) in [6.07, 6.45) is 0. The Morgan fingerprint density at radius 3 is 2.68 bits per heavy atom. The molecule has 2 aromatic heterocycles. The number of nitro groups is 1. The van der Waals surface area contributed by atoms with Gasteiger partial charge in [0.2, 0.25) is 0 Å². The molecule has 2 heterocycles. The molecule has 0 spiro atoms. The van der Waals surface area contributed by atoms with Crippen LogP contribution in [0.25, 0.3) is 21.9 Å². The van der Waals surface area contributed by atoms with Gasteiger partial charge in [-0.2, -0.15) is 5.26 Å². The number of aromatic nitrogens is 3. The van der Waals surface area contributed by atoms with E-state index in [-0.39, 0.29) is 5.69 Å². The van der Waals surface area contributed by atoms with Gasteiger partial charge in [0.25, 0.3) is 5.69 Å². The van der Waals surface area contributed by atoms with Gasteiger partial charge in [0.1, 0.15) is 11.6 Å². The number of para-hydroxylation sites is 2. The van der Waals surface area contributed by atoms with Crippen LogP contribution in [0.4, 0.5) is 11.5 Å². The summed E-state index contributed by atoms with van der Waals surface area (Å²) in [5.74, 6) is 1.47. The standard InChI is InChI=1S/C20H16N6O2/c1-24(12-20-23-17-5-3-4-6-18(17)25(20)2)19-9-13(11-21)15-10-14(26(27)28)7-8-16(15)22-19/h3-10H,12H2,1-2H3. The van der Waals surface area contributed by atoms with Crippen LogP contribution in [0, 0.1) is 21.4 Å². The van der Waals surface area contributed by atoms with E-state index in [0.29, 0.717) is 28.8 Å². The summed E-state index contributed by atoms with van der Waals surface area (Å²) >= 11 is 0. The summed E-state index contributed by atoms with van der Waals surface area (Å²) in [5, 5.41) is 21.0. The first-order chi connectivity index (χ1) is 13.5. The first-order valence-corrected chi connectivity index (χ1v) is 8.58. The molecule has 0 saturated heterocycles. The number of hydrogen-bond acceptors (Lipinski definition) is 6. The van der Waals surface area contributed by atoms with Crippen LogP contribution in [0.3, 0.4) is 0 Å². The fourth-order valence-corrected chi connectivity index (χ4v) is 3.23. The normalized spacial score (nSPS) is 10.9. The summed E-state index contributed by atoms with van der Waals surface area (Å²) in [6, 6.07) is 16.0. The van der Waals surface area contributed by atoms with Crippen LogP contribution in [0.15, 0.2) is 48.5 Å². The minimum absolute atomic E-state index is 0.0633. The van der Waals surface area contributed by atoms with Gasteiger partial charge in [0, 0.05) is 31.6 Å². The largest absolute Gasteiger partial charge is 0.352 e. The van der Waals surface area contributed by atoms with Crippen molar-refractivity contribution in [3.63, 3.8) is 0 Å². The van der Waals surface area contributed by atoms with Gasteiger partial charge < -0.3 is 9.47 Å². The molecule has 0 unspecified atom stereocenters. The minimum Gasteiger partial charge on any atom is -0.352 e. The zero-order valence-electron chi connectivity index (χ0n) is 15.3. The number of nitriles is 1. The highest BCUT2D eigenvalue weighted by Gasteiger charge is 2.15. The second kappa shape index (κ2) is 6.63. The lowest BCUT2D eigenvalue weighted by Crippen LogP contribution is -2.20. The third-order valence-corrected chi connectivity index (χ3v) is 4.76. The first kappa shape index (κ1) is 17.4. The number of fused-ring (bicyclic) bond motifs is 2. The molecule has 28 heavy (non-hydrogen) atoms. The maximum atomic E-state index is 11.0. The number of rotatable bonds is 4. The van der Waals surface area contributed by atoms with E-state index >= 15 is 0 Å². The molecule has 0 fully saturated rings. The van der Waals surface area contributed by atoms with Crippen LogP contribution < -0.4 is 4.90 Å². The van der Waals surface area contributed by atoms with Gasteiger partial charge in [-0.15, -0.1) is 0 Å². The lowest BCUT2D eigenvalue weighted by Gasteiger charge is -2.19. The molecule has 0 saturated carbocycles. The van der Waals surface area contributed by atoms with Crippen molar-refractivity contribution in [2.45, 2.75) is 6.54 Å². The smallest absolute Gasteiger partial charge is 0.270 e. The lowest BCUT2D eigenvalue weighted by molar-refractivity contribution is -0.384. The van der Waals surface area contributed by atoms with Crippen LogP contribution in [0.2, 0.25) is 0 Å². The molecule has 0 N–H and O–H groups in total. The molecule has 0 aliphatic heterocycles. The zero-order chi connectivity index (χ0) is 19.8. The van der Waals surface area contributed by atoms with Crippen LogP contribution in [-0.4, -0.2) is 26.5 Å². The SMILES string of the molecule is CN(Cc1nc2ccccc2n1C)c1cc(C#N)c2cc([N+](=O)[O-])ccc2n1. The Balaban J connectivity index is 1.73. The Bertz CT molecular complexity index is 1270. The summed E-state index contributed by atoms with van der Waals surface area (Å²) < 4.78 is 2.03. The van der Waals surface area contributed by atoms with E-state index in [9.17, 15) is 15.4 Å². The molecule has 0 aliphatic carbocycles. The quantitative estimate of drug-likeness (QED) is 0.401. The van der Waals surface area contributed by atoms with Crippen molar-refractivity contribution in [1.29, 1.82) is 5.26 Å². The van der Waals surface area contributed by atoms with Crippen molar-refractivity contribution < 1.29 is 4.92 Å². The topological polar surface area (TPSA) is 101 Å². The van der Waals surface area contributed by atoms with Gasteiger partial charge in [0.15, 0.2) is 0 Å². The van der Waals surface area contributed by atoms with Crippen molar-refractivity contribution in [1.82, 2.24) is 14.5 Å². The van der Waals surface area contributed by atoms with E-state index in [1.165, 1.54) is 12.1 Å². The number of benzene rings is 2. The maximum Gasteiger partial charge on any atom is 0.270 e. The van der Waals surface area contributed by atoms with E-state index in [4.69, 9.17) is 0 Å². The highest BCUT2D eigenvalue weighted by Crippen LogP contribution is 2.26. The molecule has 138 valence electrons. The van der Waals surface area contributed by atoms with Crippen LogP contribution in [0.1, 0.15) is 11.4 Å². The molecule has 0 bridgehead atoms. The number of imidazole rings is 1. The van der Waals surface area contributed by atoms with E-state index in [1.807, 2.05) is 47.8 Å². The Labute approximate surface area is 160 Å². The molecular formula is C20H16N6O2. The van der Waals surface area contributed by atoms with Crippen LogP contribution in [0.5, 0.6) is 0 Å². The number of aryl methyl sites for hydroxylation is 1. The third kappa shape index (κ3) is 2.89. The highest BCUT2D eigenvalue weighted by atomic mass is 16.6. The number of pyridine rings is 1. The van der Waals surface area contributed by atoms with Crippen molar-refractivity contribution in [2.24, 2.45) is 7.05 Å². The summed E-state index contributed by atoms with van der Waals surface area (Å²) in [5.41, 5.74) is 2.79. The Morgan fingerprint density at radius 2 is 1.96 bits per heavy atom. The predicted molar refractivity (Wildman–Crippen MR) is 106 cm³/mol. The summed E-state index contributed by atoms with van der Waals surface area (Å²) in [4.78, 5) is 21.7. The lowest BCUT2D eigenvalue weighted by atomic mass is 10.1. The van der Waals surface area contributed by atoms with Gasteiger partial charge in [-0.3, -0.25) is 10.1 Å². The van der Waals surface area contributed by atoms with Crippen molar-refractivity contribution >= 4 is 33.4 Å². The Hall–Kier alpha value is -3.99. The van der Waals surface area contributed by atoms with Crippen molar-refractivity contribution in [3.05, 3.63) is 70.0 Å². The Kier molecular flexibility index (Phi) is 4.12. The number of non-ortho nitro benzene ring substituents is 1. The molecule has 0 atom stereocenters. The summed E-state index contributed by atoms with van der Waals surface area (Å²) in [6.45, 7) is 0.502. The van der Waals surface area contributed by atoms with Gasteiger partial charge in [0.05, 0.1) is 39.7 Å². The van der Waals surface area contributed by atoms with E-state index < -0.39 is 4.92 Å². The minimum atomic E-state index is -0.480. The second-order valence-corrected chi connectivity index (χ2v) is 6.53. The van der Waals surface area contributed by atoms with Crippen LogP contribution in [-0.2, 0) is 13.6 Å². The summed E-state index contributed by atoms with van der Waals surface area (Å²) in [7, 11) is 3.84. The monoisotopic (exact) mass is 372 g/mol. The van der Waals surface area contributed by atoms with Gasteiger partial charge in [-0.25, -0.2) is 9.97 Å². The fraction of sp³-hybridized carbons (Fsp3) is 0.150. The van der Waals surface area contributed by atoms with Gasteiger partial charge in [-0.1, -0.05) is 12.1 Å². The van der Waals surface area contributed by atoms with Gasteiger partial charge >= 0.3 is 0 Å². The number of nitro benzene ring substituents is 1. The van der Waals surface area contributed by atoms with E-state index in [0.717, 1.165) is 16.9 Å². The third-order valence-electron chi connectivity index (χ3n) is 4.76. The molecule has 8 nitrogen and oxygen atoms in total. The van der Waals surface area contributed by atoms with E-state index in [2.05, 4.69) is 16.0 Å². The van der Waals surface area contributed by atoms with E-state index in [1.54, 1.807) is 12.1 Å². The molecule has 0 amide bonds. The fourth-order valence-electron chi connectivity index (χ4n) is 3.23. The average Bonchev–Trinajstić information content (AvgIpc) is 3.02. The Morgan fingerprint density at radius 1 is 1.18 bits per heavy atom. The predicted octanol–water partition coefficient (Wildman–Crippen LogP) is 3.54.